The number of nitrogens with two attached hydrogens (primary N) is 1. The second kappa shape index (κ2) is 5.34. The number of benzene rings is 2. The van der Waals surface area contributed by atoms with E-state index >= 15 is 0 Å². The lowest BCUT2D eigenvalue weighted by Gasteiger charge is -2.05. The van der Waals surface area contributed by atoms with Crippen LogP contribution in [-0.2, 0) is 0 Å². The number of methoxy groups -OCH3 is 1. The van der Waals surface area contributed by atoms with Crippen molar-refractivity contribution in [2.24, 2.45) is 5.73 Å². The number of aromatic nitrogens is 3. The Hall–Kier alpha value is -3.41. The van der Waals surface area contributed by atoms with Gasteiger partial charge in [-0.15, -0.1) is 0 Å². The molecule has 0 radical (unpaired) electrons. The zero-order chi connectivity index (χ0) is 16.7. The number of rotatable bonds is 3. The first kappa shape index (κ1) is 14.2. The van der Waals surface area contributed by atoms with Crippen LogP contribution in [0.25, 0.3) is 33.2 Å². The number of carbonyl (C=O) groups excluding carboxylic acids is 1. The number of carbonyl (C=O) groups is 1. The van der Waals surface area contributed by atoms with Crippen LogP contribution in [0.3, 0.4) is 0 Å². The molecule has 24 heavy (non-hydrogen) atoms. The standard InChI is InChI=1S/C18H14N4O2/c1-24-12-5-2-10(3-6-12)16-15-13-8-11(17(19)23)4-7-14(13)22-18(15)21-9-20-16/h2-9H,1H3,(H2,19,23)(H,20,21,22). The number of hydrogen-bond acceptors (Lipinski definition) is 4. The van der Waals surface area contributed by atoms with E-state index in [4.69, 9.17) is 10.5 Å². The third kappa shape index (κ3) is 2.16. The quantitative estimate of drug-likeness (QED) is 0.607. The largest absolute Gasteiger partial charge is 0.497 e. The fraction of sp³-hybridized carbons (Fsp3) is 0.0556. The third-order valence-electron chi connectivity index (χ3n) is 4.04. The van der Waals surface area contributed by atoms with Crippen molar-refractivity contribution in [1.82, 2.24) is 15.0 Å². The molecule has 0 aliphatic heterocycles. The predicted octanol–water partition coefficient (Wildman–Crippen LogP) is 2.89. The molecule has 6 nitrogen and oxygen atoms in total. The van der Waals surface area contributed by atoms with Gasteiger partial charge in [-0.3, -0.25) is 4.79 Å². The highest BCUT2D eigenvalue weighted by molar-refractivity contribution is 6.13. The molecule has 4 rings (SSSR count). The van der Waals surface area contributed by atoms with E-state index in [1.807, 2.05) is 30.3 Å². The Labute approximate surface area is 137 Å². The topological polar surface area (TPSA) is 93.9 Å². The molecule has 0 fully saturated rings. The Kier molecular flexibility index (Phi) is 3.16. The minimum absolute atomic E-state index is 0.452. The van der Waals surface area contributed by atoms with Crippen molar-refractivity contribution >= 4 is 27.8 Å². The van der Waals surface area contributed by atoms with Gasteiger partial charge in [0.05, 0.1) is 18.2 Å². The van der Waals surface area contributed by atoms with E-state index in [9.17, 15) is 4.79 Å². The van der Waals surface area contributed by atoms with Gasteiger partial charge in [-0.1, -0.05) is 0 Å². The molecule has 1 amide bonds. The second-order valence-corrected chi connectivity index (χ2v) is 5.42. The molecule has 0 aliphatic carbocycles. The molecule has 0 spiro atoms. The summed E-state index contributed by atoms with van der Waals surface area (Å²) in [6, 6.07) is 12.9. The molecule has 0 saturated carbocycles. The van der Waals surface area contributed by atoms with Gasteiger partial charge in [0.25, 0.3) is 0 Å². The van der Waals surface area contributed by atoms with Gasteiger partial charge in [-0.05, 0) is 42.5 Å². The van der Waals surface area contributed by atoms with Gasteiger partial charge in [0.1, 0.15) is 17.7 Å². The van der Waals surface area contributed by atoms with Crippen LogP contribution in [0.4, 0.5) is 0 Å². The number of primary amides is 1. The van der Waals surface area contributed by atoms with Crippen molar-refractivity contribution in [2.45, 2.75) is 0 Å². The molecule has 2 aromatic carbocycles. The molecular formula is C18H14N4O2. The monoisotopic (exact) mass is 318 g/mol. The molecule has 0 aliphatic rings. The minimum atomic E-state index is -0.464. The highest BCUT2D eigenvalue weighted by Crippen LogP contribution is 2.33. The summed E-state index contributed by atoms with van der Waals surface area (Å²) < 4.78 is 5.20. The number of H-pyrrole nitrogens is 1. The van der Waals surface area contributed by atoms with Crippen molar-refractivity contribution in [1.29, 1.82) is 0 Å². The fourth-order valence-electron chi connectivity index (χ4n) is 2.84. The van der Waals surface area contributed by atoms with Crippen molar-refractivity contribution in [3.8, 4) is 17.0 Å². The normalized spacial score (nSPS) is 11.0. The molecule has 0 unspecified atom stereocenters. The van der Waals surface area contributed by atoms with Gasteiger partial charge in [-0.2, -0.15) is 0 Å². The maximum absolute atomic E-state index is 11.5. The smallest absolute Gasteiger partial charge is 0.248 e. The van der Waals surface area contributed by atoms with Crippen LogP contribution in [0.1, 0.15) is 10.4 Å². The predicted molar refractivity (Wildman–Crippen MR) is 91.9 cm³/mol. The number of nitrogens with zero attached hydrogens (tertiary/aromatic N) is 2. The fourth-order valence-corrected chi connectivity index (χ4v) is 2.84. The van der Waals surface area contributed by atoms with Crippen LogP contribution < -0.4 is 10.5 Å². The zero-order valence-electron chi connectivity index (χ0n) is 12.9. The highest BCUT2D eigenvalue weighted by atomic mass is 16.5. The van der Waals surface area contributed by atoms with E-state index in [0.29, 0.717) is 11.2 Å². The van der Waals surface area contributed by atoms with E-state index in [1.54, 1.807) is 19.2 Å². The highest BCUT2D eigenvalue weighted by Gasteiger charge is 2.14. The van der Waals surface area contributed by atoms with Gasteiger partial charge in [-0.25, -0.2) is 9.97 Å². The Morgan fingerprint density at radius 3 is 2.62 bits per heavy atom. The molecular weight excluding hydrogens is 304 g/mol. The summed E-state index contributed by atoms with van der Waals surface area (Å²) >= 11 is 0. The van der Waals surface area contributed by atoms with E-state index in [-0.39, 0.29) is 0 Å². The number of nitrogens with one attached hydrogen (secondary N) is 1. The van der Waals surface area contributed by atoms with Crippen LogP contribution in [0.5, 0.6) is 5.75 Å². The summed E-state index contributed by atoms with van der Waals surface area (Å²) in [6.07, 6.45) is 1.52. The Morgan fingerprint density at radius 2 is 1.92 bits per heavy atom. The van der Waals surface area contributed by atoms with E-state index < -0.39 is 5.91 Å². The first-order chi connectivity index (χ1) is 11.7. The molecule has 0 atom stereocenters. The third-order valence-corrected chi connectivity index (χ3v) is 4.04. The summed E-state index contributed by atoms with van der Waals surface area (Å²) in [5.74, 6) is 0.313. The number of ether oxygens (including phenoxy) is 1. The van der Waals surface area contributed by atoms with E-state index in [2.05, 4.69) is 15.0 Å². The van der Waals surface area contributed by atoms with Gasteiger partial charge >= 0.3 is 0 Å². The average Bonchev–Trinajstić information content (AvgIpc) is 2.99. The first-order valence-corrected chi connectivity index (χ1v) is 7.38. The summed E-state index contributed by atoms with van der Waals surface area (Å²) in [7, 11) is 1.63. The average molecular weight is 318 g/mol. The summed E-state index contributed by atoms with van der Waals surface area (Å²) in [4.78, 5) is 23.5. The van der Waals surface area contributed by atoms with Crippen molar-refractivity contribution in [3.05, 3.63) is 54.4 Å². The van der Waals surface area contributed by atoms with Crippen LogP contribution in [0, 0.1) is 0 Å². The number of fused-ring (bicyclic) bond motifs is 3. The molecule has 2 heterocycles. The summed E-state index contributed by atoms with van der Waals surface area (Å²) in [6.45, 7) is 0. The van der Waals surface area contributed by atoms with Gasteiger partial charge < -0.3 is 15.5 Å². The number of hydrogen-bond donors (Lipinski definition) is 2. The van der Waals surface area contributed by atoms with Gasteiger partial charge in [0, 0.05) is 22.0 Å². The minimum Gasteiger partial charge on any atom is -0.497 e. The molecule has 6 heteroatoms. The van der Waals surface area contributed by atoms with Crippen molar-refractivity contribution < 1.29 is 9.53 Å². The molecule has 4 aromatic rings. The second-order valence-electron chi connectivity index (χ2n) is 5.42. The van der Waals surface area contributed by atoms with Gasteiger partial charge in [0.15, 0.2) is 0 Å². The van der Waals surface area contributed by atoms with Crippen molar-refractivity contribution in [3.63, 3.8) is 0 Å². The van der Waals surface area contributed by atoms with Crippen LogP contribution in [-0.4, -0.2) is 28.0 Å². The Balaban J connectivity index is 2.02. The van der Waals surface area contributed by atoms with Crippen molar-refractivity contribution in [2.75, 3.05) is 7.11 Å². The maximum atomic E-state index is 11.5. The Bertz CT molecular complexity index is 1070. The maximum Gasteiger partial charge on any atom is 0.248 e. The summed E-state index contributed by atoms with van der Waals surface area (Å²) in [5, 5.41) is 1.73. The van der Waals surface area contributed by atoms with E-state index in [0.717, 1.165) is 33.3 Å². The van der Waals surface area contributed by atoms with E-state index in [1.165, 1.54) is 6.33 Å². The molecule has 0 bridgehead atoms. The van der Waals surface area contributed by atoms with Gasteiger partial charge in [0.2, 0.25) is 5.91 Å². The lowest BCUT2D eigenvalue weighted by Crippen LogP contribution is -2.10. The molecule has 2 aromatic heterocycles. The number of amides is 1. The van der Waals surface area contributed by atoms with Crippen LogP contribution in [0.2, 0.25) is 0 Å². The van der Waals surface area contributed by atoms with Crippen LogP contribution >= 0.6 is 0 Å². The summed E-state index contributed by atoms with van der Waals surface area (Å²) in [5.41, 5.74) is 9.18. The Morgan fingerprint density at radius 1 is 1.12 bits per heavy atom. The van der Waals surface area contributed by atoms with Crippen LogP contribution in [0.15, 0.2) is 48.8 Å². The first-order valence-electron chi connectivity index (χ1n) is 7.38. The zero-order valence-corrected chi connectivity index (χ0v) is 12.9. The molecule has 118 valence electrons. The lowest BCUT2D eigenvalue weighted by molar-refractivity contribution is 0.100. The SMILES string of the molecule is COc1ccc(-c2ncnc3[nH]c4ccc(C(N)=O)cc4c23)cc1. The molecule has 3 N–H and O–H groups in total. The number of aromatic amines is 1. The molecule has 0 saturated heterocycles. The lowest BCUT2D eigenvalue weighted by atomic mass is 10.0.